The number of morpholine rings is 1. The lowest BCUT2D eigenvalue weighted by Gasteiger charge is -2.39. The van der Waals surface area contributed by atoms with E-state index < -0.39 is 0 Å². The van der Waals surface area contributed by atoms with Crippen molar-refractivity contribution in [3.05, 3.63) is 29.8 Å². The van der Waals surface area contributed by atoms with Crippen LogP contribution in [0.3, 0.4) is 0 Å². The minimum atomic E-state index is -0.271. The molecule has 28 heavy (non-hydrogen) atoms. The van der Waals surface area contributed by atoms with E-state index in [0.29, 0.717) is 18.1 Å². The van der Waals surface area contributed by atoms with Crippen LogP contribution in [0.2, 0.25) is 0 Å². The molecule has 0 unspecified atom stereocenters. The Bertz CT molecular complexity index is 788. The van der Waals surface area contributed by atoms with Crippen LogP contribution < -0.4 is 10.6 Å². The number of benzene rings is 1. The number of hydrogen-bond donors (Lipinski definition) is 3. The second-order valence-electron chi connectivity index (χ2n) is 7.22. The van der Waals surface area contributed by atoms with Gasteiger partial charge in [0.05, 0.1) is 23.7 Å². The average Bonchev–Trinajstić information content (AvgIpc) is 3.06. The van der Waals surface area contributed by atoms with Gasteiger partial charge in [0.15, 0.2) is 0 Å². The molecule has 2 fully saturated rings. The molecular formula is C19H27Cl2FN4O2. The van der Waals surface area contributed by atoms with Gasteiger partial charge in [-0.3, -0.25) is 4.79 Å². The Hall–Kier alpha value is -1.41. The molecule has 1 aromatic carbocycles. The topological polar surface area (TPSA) is 79.0 Å². The average molecular weight is 433 g/mol. The minimum Gasteiger partial charge on any atom is -0.375 e. The number of ether oxygens (including phenoxy) is 1. The Labute approximate surface area is 176 Å². The van der Waals surface area contributed by atoms with E-state index in [9.17, 15) is 9.18 Å². The van der Waals surface area contributed by atoms with Crippen LogP contribution in [0, 0.1) is 11.7 Å². The lowest BCUT2D eigenvalue weighted by molar-refractivity contribution is -0.128. The number of nitrogens with zero attached hydrogens (tertiary/aromatic N) is 1. The van der Waals surface area contributed by atoms with E-state index in [1.54, 1.807) is 6.07 Å². The maximum absolute atomic E-state index is 13.2. The third kappa shape index (κ3) is 5.35. The van der Waals surface area contributed by atoms with E-state index in [4.69, 9.17) is 4.74 Å². The highest BCUT2D eigenvalue weighted by molar-refractivity contribution is 5.85. The molecular weight excluding hydrogens is 406 g/mol. The summed E-state index contributed by atoms with van der Waals surface area (Å²) in [6, 6.07) is 4.84. The number of hydrogen-bond acceptors (Lipinski definition) is 4. The molecule has 1 saturated carbocycles. The van der Waals surface area contributed by atoms with Crippen molar-refractivity contribution in [1.82, 2.24) is 20.6 Å². The smallest absolute Gasteiger partial charge is 0.223 e. The van der Waals surface area contributed by atoms with Gasteiger partial charge in [0.1, 0.15) is 11.6 Å². The minimum absolute atomic E-state index is 0. The number of carbonyl (C=O) groups is 1. The monoisotopic (exact) mass is 432 g/mol. The number of aromatic amines is 1. The van der Waals surface area contributed by atoms with E-state index in [1.807, 2.05) is 0 Å². The van der Waals surface area contributed by atoms with Crippen molar-refractivity contribution in [3.63, 3.8) is 0 Å². The number of aryl methyl sites for hydroxylation is 1. The Morgan fingerprint density at radius 2 is 2.18 bits per heavy atom. The highest BCUT2D eigenvalue weighted by Crippen LogP contribution is 2.28. The predicted octanol–water partition coefficient (Wildman–Crippen LogP) is 2.75. The van der Waals surface area contributed by atoms with Crippen molar-refractivity contribution in [3.8, 4) is 0 Å². The van der Waals surface area contributed by atoms with Crippen LogP contribution in [-0.2, 0) is 16.0 Å². The maximum Gasteiger partial charge on any atom is 0.223 e. The second kappa shape index (κ2) is 10.4. The molecule has 0 spiro atoms. The van der Waals surface area contributed by atoms with Crippen LogP contribution in [0.1, 0.15) is 31.5 Å². The Kier molecular flexibility index (Phi) is 8.49. The van der Waals surface area contributed by atoms with Crippen LogP contribution in [0.25, 0.3) is 11.0 Å². The molecule has 2 heterocycles. The summed E-state index contributed by atoms with van der Waals surface area (Å²) in [4.78, 5) is 20.0. The van der Waals surface area contributed by atoms with Crippen LogP contribution in [0.5, 0.6) is 0 Å². The molecule has 0 bridgehead atoms. The zero-order valence-electron chi connectivity index (χ0n) is 15.6. The fourth-order valence-corrected chi connectivity index (χ4v) is 4.01. The lowest BCUT2D eigenvalue weighted by Crippen LogP contribution is -2.53. The largest absolute Gasteiger partial charge is 0.375 e. The highest BCUT2D eigenvalue weighted by Gasteiger charge is 2.35. The summed E-state index contributed by atoms with van der Waals surface area (Å²) >= 11 is 0. The Morgan fingerprint density at radius 3 is 3.04 bits per heavy atom. The molecule has 3 N–H and O–H groups in total. The summed E-state index contributed by atoms with van der Waals surface area (Å²) in [5, 5.41) is 6.52. The fourth-order valence-electron chi connectivity index (χ4n) is 4.01. The summed E-state index contributed by atoms with van der Waals surface area (Å²) < 4.78 is 19.0. The van der Waals surface area contributed by atoms with Gasteiger partial charge in [0, 0.05) is 31.5 Å². The van der Waals surface area contributed by atoms with Crippen molar-refractivity contribution < 1.29 is 13.9 Å². The van der Waals surface area contributed by atoms with Crippen molar-refractivity contribution in [2.24, 2.45) is 5.92 Å². The summed E-state index contributed by atoms with van der Waals surface area (Å²) in [7, 11) is 0. The van der Waals surface area contributed by atoms with Gasteiger partial charge in [-0.2, -0.15) is 0 Å². The second-order valence-corrected chi connectivity index (χ2v) is 7.22. The van der Waals surface area contributed by atoms with Crippen LogP contribution in [0.4, 0.5) is 4.39 Å². The number of amides is 1. The molecule has 1 amide bonds. The maximum atomic E-state index is 13.2. The van der Waals surface area contributed by atoms with Crippen molar-refractivity contribution in [2.45, 2.75) is 44.2 Å². The first kappa shape index (κ1) is 22.9. The molecule has 1 aliphatic heterocycles. The third-order valence-corrected chi connectivity index (χ3v) is 5.38. The highest BCUT2D eigenvalue weighted by atomic mass is 35.5. The van der Waals surface area contributed by atoms with E-state index in [2.05, 4.69) is 20.6 Å². The molecule has 9 heteroatoms. The molecule has 1 saturated heterocycles. The van der Waals surface area contributed by atoms with Gasteiger partial charge in [-0.1, -0.05) is 0 Å². The van der Waals surface area contributed by atoms with Crippen LogP contribution >= 0.6 is 24.8 Å². The first-order valence-electron chi connectivity index (χ1n) is 9.46. The number of halogens is 3. The van der Waals surface area contributed by atoms with Gasteiger partial charge in [-0.05, 0) is 43.9 Å². The molecule has 1 aromatic heterocycles. The number of aromatic nitrogens is 2. The van der Waals surface area contributed by atoms with E-state index >= 15 is 0 Å². The van der Waals surface area contributed by atoms with Crippen LogP contribution in [0.15, 0.2) is 18.2 Å². The van der Waals surface area contributed by atoms with Gasteiger partial charge in [-0.25, -0.2) is 9.37 Å². The third-order valence-electron chi connectivity index (χ3n) is 5.38. The molecule has 3 atom stereocenters. The van der Waals surface area contributed by atoms with Gasteiger partial charge in [0.25, 0.3) is 0 Å². The fraction of sp³-hybridized carbons (Fsp3) is 0.579. The van der Waals surface area contributed by atoms with E-state index in [-0.39, 0.29) is 48.6 Å². The zero-order chi connectivity index (χ0) is 17.9. The lowest BCUT2D eigenvalue weighted by atomic mass is 9.82. The first-order chi connectivity index (χ1) is 12.7. The van der Waals surface area contributed by atoms with E-state index in [0.717, 1.165) is 56.6 Å². The number of imidazole rings is 1. The quantitative estimate of drug-likeness (QED) is 0.634. The standard InChI is InChI=1S/C19H25FN4O2.2ClH/c20-13-4-5-14-15(11-13)24-18(23-14)2-1-7-22-19(25)12-3-6-17-16(10-12)21-8-9-26-17;;/h4-5,11-12,16-17,21H,1-3,6-10H2,(H,22,25)(H,23,24);2*1H/t12-,16+,17+;;/m0../s1. The molecule has 4 rings (SSSR count). The molecule has 2 aliphatic rings. The predicted molar refractivity (Wildman–Crippen MR) is 111 cm³/mol. The molecule has 156 valence electrons. The summed E-state index contributed by atoms with van der Waals surface area (Å²) in [5.74, 6) is 0.763. The zero-order valence-corrected chi connectivity index (χ0v) is 17.2. The van der Waals surface area contributed by atoms with Crippen molar-refractivity contribution in [2.75, 3.05) is 19.7 Å². The SMILES string of the molecule is Cl.Cl.O=C(NCCCc1nc2ccc(F)cc2[nH]1)[C@H]1CC[C@H]2OCCN[C@@H]2C1. The number of nitrogens with one attached hydrogen (secondary N) is 3. The Morgan fingerprint density at radius 1 is 1.32 bits per heavy atom. The van der Waals surface area contributed by atoms with E-state index in [1.165, 1.54) is 12.1 Å². The molecule has 6 nitrogen and oxygen atoms in total. The van der Waals surface area contributed by atoms with Crippen molar-refractivity contribution >= 4 is 41.8 Å². The van der Waals surface area contributed by atoms with Crippen LogP contribution in [-0.4, -0.2) is 47.7 Å². The number of carbonyl (C=O) groups excluding carboxylic acids is 1. The summed E-state index contributed by atoms with van der Waals surface area (Å²) in [6.07, 6.45) is 4.49. The van der Waals surface area contributed by atoms with Gasteiger partial charge < -0.3 is 20.4 Å². The number of fused-ring (bicyclic) bond motifs is 2. The van der Waals surface area contributed by atoms with Gasteiger partial charge in [0.2, 0.25) is 5.91 Å². The molecule has 2 aromatic rings. The summed E-state index contributed by atoms with van der Waals surface area (Å²) in [5.41, 5.74) is 1.48. The first-order valence-corrected chi connectivity index (χ1v) is 9.46. The number of H-pyrrole nitrogens is 1. The van der Waals surface area contributed by atoms with Gasteiger partial charge >= 0.3 is 0 Å². The molecule has 1 aliphatic carbocycles. The van der Waals surface area contributed by atoms with Crippen molar-refractivity contribution in [1.29, 1.82) is 0 Å². The summed E-state index contributed by atoms with van der Waals surface area (Å²) in [6.45, 7) is 2.27. The normalized spacial score (nSPS) is 24.0. The van der Waals surface area contributed by atoms with Gasteiger partial charge in [-0.15, -0.1) is 24.8 Å². The number of rotatable bonds is 5. The molecule has 0 radical (unpaired) electrons. The Balaban J connectivity index is 0.00000140.